The minimum absolute atomic E-state index is 0.523. The van der Waals surface area contributed by atoms with Crippen LogP contribution in [-0.2, 0) is 0 Å². The lowest BCUT2D eigenvalue weighted by molar-refractivity contribution is -0.0496. The molecule has 3 fully saturated rings. The average molecular weight is 450 g/mol. The number of hydrogen-bond donors (Lipinski definition) is 0. The normalized spacial score (nSPS) is 46.5. The van der Waals surface area contributed by atoms with Crippen molar-refractivity contribution in [2.45, 2.75) is 110 Å². The van der Waals surface area contributed by atoms with Gasteiger partial charge in [-0.25, -0.2) is 0 Å². The van der Waals surface area contributed by atoms with E-state index in [0.717, 1.165) is 40.3 Å². The molecule has 0 aromatic carbocycles. The molecule has 0 heterocycles. The summed E-state index contributed by atoms with van der Waals surface area (Å²) in [6.07, 6.45) is 18.6. The Labute approximate surface area is 183 Å². The van der Waals surface area contributed by atoms with Crippen molar-refractivity contribution in [2.24, 2.45) is 46.3 Å². The minimum atomic E-state index is 0.523. The van der Waals surface area contributed by atoms with Crippen LogP contribution in [-0.4, -0.2) is 4.83 Å². The highest BCUT2D eigenvalue weighted by atomic mass is 79.9. The Morgan fingerprint density at radius 2 is 1.79 bits per heavy atom. The van der Waals surface area contributed by atoms with E-state index in [1.54, 1.807) is 0 Å². The molecule has 0 spiro atoms. The van der Waals surface area contributed by atoms with Crippen LogP contribution in [0.3, 0.4) is 0 Å². The molecular formula is C27H45Br. The summed E-state index contributed by atoms with van der Waals surface area (Å²) in [5.74, 6) is 5.74. The lowest BCUT2D eigenvalue weighted by atomic mass is 9.47. The molecule has 0 saturated heterocycles. The molecule has 1 unspecified atom stereocenters. The summed E-state index contributed by atoms with van der Waals surface area (Å²) in [5.41, 5.74) is 2.98. The number of alkyl halides is 1. The average Bonchev–Trinajstić information content (AvgIpc) is 2.99. The van der Waals surface area contributed by atoms with Gasteiger partial charge in [0.25, 0.3) is 0 Å². The molecule has 4 aliphatic carbocycles. The largest absolute Gasteiger partial charge is 0.0887 e. The van der Waals surface area contributed by atoms with Crippen molar-refractivity contribution in [3.05, 3.63) is 11.6 Å². The van der Waals surface area contributed by atoms with Crippen LogP contribution in [0.1, 0.15) is 105 Å². The lowest BCUT2D eigenvalue weighted by Crippen LogP contribution is -2.50. The Kier molecular flexibility index (Phi) is 6.17. The van der Waals surface area contributed by atoms with Gasteiger partial charge in [-0.05, 0) is 97.7 Å². The van der Waals surface area contributed by atoms with Gasteiger partial charge in [-0.2, -0.15) is 0 Å². The molecule has 8 atom stereocenters. The molecule has 0 nitrogen and oxygen atoms in total. The molecular weight excluding hydrogens is 404 g/mol. The van der Waals surface area contributed by atoms with Crippen molar-refractivity contribution >= 4 is 15.9 Å². The third-order valence-electron chi connectivity index (χ3n) is 10.2. The first-order valence-corrected chi connectivity index (χ1v) is 13.5. The second kappa shape index (κ2) is 8.05. The summed E-state index contributed by atoms with van der Waals surface area (Å²) in [6.45, 7) is 12.7. The Balaban J connectivity index is 1.49. The van der Waals surface area contributed by atoms with E-state index in [1.165, 1.54) is 70.6 Å². The SMILES string of the molecule is CC(C)CCCC(C)[C@H]1CC[C@H]2[C@@H]3CC=C4C[C@@H](Br)CC[C@]4(C)[C@H]3CC[C@]12C. The molecule has 160 valence electrons. The van der Waals surface area contributed by atoms with Crippen LogP contribution < -0.4 is 0 Å². The predicted octanol–water partition coefficient (Wildman–Crippen LogP) is 8.79. The fourth-order valence-corrected chi connectivity index (χ4v) is 9.22. The van der Waals surface area contributed by atoms with Crippen molar-refractivity contribution in [3.63, 3.8) is 0 Å². The van der Waals surface area contributed by atoms with Crippen molar-refractivity contribution in [1.82, 2.24) is 0 Å². The highest BCUT2D eigenvalue weighted by Gasteiger charge is 2.58. The molecule has 0 bridgehead atoms. The van der Waals surface area contributed by atoms with Gasteiger partial charge in [0.2, 0.25) is 0 Å². The molecule has 0 aliphatic heterocycles. The van der Waals surface area contributed by atoms with Crippen LogP contribution in [0.15, 0.2) is 11.6 Å². The van der Waals surface area contributed by atoms with Gasteiger partial charge in [0.15, 0.2) is 0 Å². The zero-order chi connectivity index (χ0) is 20.1. The van der Waals surface area contributed by atoms with Gasteiger partial charge in [-0.1, -0.05) is 81.5 Å². The Morgan fingerprint density at radius 1 is 1.00 bits per heavy atom. The van der Waals surface area contributed by atoms with Crippen LogP contribution >= 0.6 is 15.9 Å². The van der Waals surface area contributed by atoms with Crippen LogP contribution in [0.5, 0.6) is 0 Å². The van der Waals surface area contributed by atoms with Crippen molar-refractivity contribution in [3.8, 4) is 0 Å². The molecule has 0 aromatic rings. The number of allylic oxidation sites excluding steroid dienone is 2. The van der Waals surface area contributed by atoms with Crippen molar-refractivity contribution < 1.29 is 0 Å². The molecule has 4 aliphatic rings. The van der Waals surface area contributed by atoms with E-state index in [0.29, 0.717) is 10.8 Å². The summed E-state index contributed by atoms with van der Waals surface area (Å²) >= 11 is 3.93. The minimum Gasteiger partial charge on any atom is -0.0887 e. The molecule has 0 N–H and O–H groups in total. The molecule has 1 heteroatoms. The summed E-state index contributed by atoms with van der Waals surface area (Å²) in [7, 11) is 0. The summed E-state index contributed by atoms with van der Waals surface area (Å²) < 4.78 is 0. The quantitative estimate of drug-likeness (QED) is 0.291. The Morgan fingerprint density at radius 3 is 2.54 bits per heavy atom. The molecule has 0 aromatic heterocycles. The fraction of sp³-hybridized carbons (Fsp3) is 0.926. The molecule has 0 amide bonds. The number of hydrogen-bond acceptors (Lipinski definition) is 0. The van der Waals surface area contributed by atoms with Crippen molar-refractivity contribution in [1.29, 1.82) is 0 Å². The van der Waals surface area contributed by atoms with Gasteiger partial charge in [0, 0.05) is 4.83 Å². The van der Waals surface area contributed by atoms with E-state index in [2.05, 4.69) is 56.6 Å². The van der Waals surface area contributed by atoms with Crippen LogP contribution in [0.25, 0.3) is 0 Å². The van der Waals surface area contributed by atoms with E-state index in [9.17, 15) is 0 Å². The van der Waals surface area contributed by atoms with E-state index < -0.39 is 0 Å². The van der Waals surface area contributed by atoms with E-state index in [-0.39, 0.29) is 0 Å². The highest BCUT2D eigenvalue weighted by molar-refractivity contribution is 9.09. The van der Waals surface area contributed by atoms with E-state index >= 15 is 0 Å². The number of fused-ring (bicyclic) bond motifs is 5. The molecule has 3 saturated carbocycles. The Hall–Kier alpha value is 0.220. The first-order chi connectivity index (χ1) is 13.3. The topological polar surface area (TPSA) is 0 Å². The molecule has 0 radical (unpaired) electrons. The van der Waals surface area contributed by atoms with E-state index in [1.807, 2.05) is 5.57 Å². The van der Waals surface area contributed by atoms with Gasteiger partial charge in [0.05, 0.1) is 0 Å². The smallest absolute Gasteiger partial charge is 0.0183 e. The van der Waals surface area contributed by atoms with Gasteiger partial charge >= 0.3 is 0 Å². The number of rotatable bonds is 5. The second-order valence-electron chi connectivity index (χ2n) is 12.1. The van der Waals surface area contributed by atoms with Gasteiger partial charge in [-0.15, -0.1) is 0 Å². The summed E-state index contributed by atoms with van der Waals surface area (Å²) in [6, 6.07) is 0. The summed E-state index contributed by atoms with van der Waals surface area (Å²) in [4.78, 5) is 0.736. The van der Waals surface area contributed by atoms with Gasteiger partial charge in [-0.3, -0.25) is 0 Å². The molecule has 28 heavy (non-hydrogen) atoms. The fourth-order valence-electron chi connectivity index (χ4n) is 8.64. The van der Waals surface area contributed by atoms with Crippen LogP contribution in [0, 0.1) is 46.3 Å². The van der Waals surface area contributed by atoms with Crippen LogP contribution in [0.2, 0.25) is 0 Å². The summed E-state index contributed by atoms with van der Waals surface area (Å²) in [5, 5.41) is 0. The zero-order valence-corrected chi connectivity index (χ0v) is 20.9. The lowest BCUT2D eigenvalue weighted by Gasteiger charge is -2.58. The first kappa shape index (κ1) is 21.5. The number of halogens is 1. The maximum absolute atomic E-state index is 3.93. The first-order valence-electron chi connectivity index (χ1n) is 12.6. The maximum Gasteiger partial charge on any atom is 0.0183 e. The molecule has 4 rings (SSSR count). The second-order valence-corrected chi connectivity index (χ2v) is 13.4. The zero-order valence-electron chi connectivity index (χ0n) is 19.3. The van der Waals surface area contributed by atoms with E-state index in [4.69, 9.17) is 0 Å². The third-order valence-corrected chi connectivity index (χ3v) is 11.0. The standard InChI is InChI=1S/C27H45Br/c1-18(2)7-6-8-19(3)23-11-12-24-22-10-9-20-17-21(28)13-15-26(20,4)25(22)14-16-27(23,24)5/h9,18-19,21-25H,6-8,10-17H2,1-5H3/t19?,21-,22-,23+,24-,25-,26-,27+/m0/s1. The highest BCUT2D eigenvalue weighted by Crippen LogP contribution is 2.67. The monoisotopic (exact) mass is 448 g/mol. The predicted molar refractivity (Wildman–Crippen MR) is 126 cm³/mol. The van der Waals surface area contributed by atoms with Gasteiger partial charge in [0.1, 0.15) is 0 Å². The van der Waals surface area contributed by atoms with Crippen molar-refractivity contribution in [2.75, 3.05) is 0 Å². The Bertz CT molecular complexity index is 591. The van der Waals surface area contributed by atoms with Crippen LogP contribution in [0.4, 0.5) is 0 Å². The third kappa shape index (κ3) is 3.58. The maximum atomic E-state index is 3.93. The van der Waals surface area contributed by atoms with Gasteiger partial charge < -0.3 is 0 Å².